The fourth-order valence-corrected chi connectivity index (χ4v) is 3.30. The number of ether oxygens (including phenoxy) is 2. The van der Waals surface area contributed by atoms with E-state index in [9.17, 15) is 8.42 Å². The summed E-state index contributed by atoms with van der Waals surface area (Å²) < 4.78 is 36.6. The van der Waals surface area contributed by atoms with Crippen LogP contribution in [0.1, 0.15) is 5.56 Å². The lowest BCUT2D eigenvalue weighted by Gasteiger charge is -2.17. The van der Waals surface area contributed by atoms with Gasteiger partial charge in [0.15, 0.2) is 0 Å². The minimum absolute atomic E-state index is 0.260. The van der Waals surface area contributed by atoms with E-state index >= 15 is 0 Å². The predicted molar refractivity (Wildman–Crippen MR) is 89.5 cm³/mol. The number of sulfonamides is 1. The van der Waals surface area contributed by atoms with Crippen molar-refractivity contribution in [3.05, 3.63) is 54.1 Å². The number of hydrogen-bond donors (Lipinski definition) is 0. The summed E-state index contributed by atoms with van der Waals surface area (Å²) in [5.74, 6) is 1.41. The Morgan fingerprint density at radius 1 is 0.870 bits per heavy atom. The fourth-order valence-electron chi connectivity index (χ4n) is 2.13. The maximum Gasteiger partial charge on any atom is 0.242 e. The van der Waals surface area contributed by atoms with Crippen LogP contribution in [0.15, 0.2) is 53.4 Å². The smallest absolute Gasteiger partial charge is 0.242 e. The van der Waals surface area contributed by atoms with Crippen molar-refractivity contribution in [3.8, 4) is 11.5 Å². The van der Waals surface area contributed by atoms with Gasteiger partial charge in [0.25, 0.3) is 0 Å². The topological polar surface area (TPSA) is 55.8 Å². The van der Waals surface area contributed by atoms with Crippen molar-refractivity contribution in [2.75, 3.05) is 27.8 Å². The number of hydrogen-bond acceptors (Lipinski definition) is 4. The highest BCUT2D eigenvalue weighted by atomic mass is 32.2. The van der Waals surface area contributed by atoms with Gasteiger partial charge >= 0.3 is 0 Å². The number of methoxy groups -OCH3 is 2. The summed E-state index contributed by atoms with van der Waals surface area (Å²) in [4.78, 5) is 0.260. The van der Waals surface area contributed by atoms with Crippen molar-refractivity contribution in [2.45, 2.75) is 11.3 Å². The normalized spacial score (nSPS) is 11.5. The van der Waals surface area contributed by atoms with Gasteiger partial charge in [-0.2, -0.15) is 0 Å². The Morgan fingerprint density at radius 2 is 1.35 bits per heavy atom. The third kappa shape index (κ3) is 4.24. The molecule has 0 aliphatic carbocycles. The summed E-state index contributed by atoms with van der Waals surface area (Å²) in [6.07, 6.45) is 0.635. The minimum atomic E-state index is -3.49. The van der Waals surface area contributed by atoms with Crippen molar-refractivity contribution in [3.63, 3.8) is 0 Å². The van der Waals surface area contributed by atoms with Gasteiger partial charge in [0.05, 0.1) is 19.1 Å². The van der Waals surface area contributed by atoms with Crippen LogP contribution in [0.25, 0.3) is 0 Å². The Balaban J connectivity index is 2.03. The molecule has 0 aliphatic rings. The second-order valence-corrected chi connectivity index (χ2v) is 7.15. The molecular weight excluding hydrogens is 314 g/mol. The largest absolute Gasteiger partial charge is 0.497 e. The summed E-state index contributed by atoms with van der Waals surface area (Å²) in [5.41, 5.74) is 1.06. The number of benzene rings is 2. The molecule has 0 saturated carbocycles. The molecule has 0 aromatic heterocycles. The molecule has 124 valence electrons. The Morgan fingerprint density at radius 3 is 1.83 bits per heavy atom. The van der Waals surface area contributed by atoms with E-state index in [0.717, 1.165) is 11.3 Å². The zero-order valence-electron chi connectivity index (χ0n) is 13.5. The molecule has 5 nitrogen and oxygen atoms in total. The van der Waals surface area contributed by atoms with Crippen molar-refractivity contribution >= 4 is 10.0 Å². The lowest BCUT2D eigenvalue weighted by Crippen LogP contribution is -2.29. The Hall–Kier alpha value is -2.05. The monoisotopic (exact) mass is 335 g/mol. The van der Waals surface area contributed by atoms with E-state index in [1.165, 1.54) is 4.31 Å². The van der Waals surface area contributed by atoms with E-state index < -0.39 is 10.0 Å². The predicted octanol–water partition coefficient (Wildman–Crippen LogP) is 2.57. The first-order chi connectivity index (χ1) is 11.0. The molecule has 0 aliphatic heterocycles. The van der Waals surface area contributed by atoms with E-state index in [0.29, 0.717) is 18.7 Å². The van der Waals surface area contributed by atoms with Gasteiger partial charge in [-0.05, 0) is 48.4 Å². The van der Waals surface area contributed by atoms with E-state index in [1.807, 2.05) is 24.3 Å². The van der Waals surface area contributed by atoms with Gasteiger partial charge in [0.2, 0.25) is 10.0 Å². The molecule has 0 saturated heterocycles. The van der Waals surface area contributed by atoms with Crippen LogP contribution in [-0.2, 0) is 16.4 Å². The SMILES string of the molecule is COc1ccc(CCN(C)S(=O)(=O)c2ccc(OC)cc2)cc1. The third-order valence-electron chi connectivity index (χ3n) is 3.64. The van der Waals surface area contributed by atoms with Crippen LogP contribution in [0.2, 0.25) is 0 Å². The second-order valence-electron chi connectivity index (χ2n) is 5.10. The first-order valence-electron chi connectivity index (χ1n) is 7.20. The van der Waals surface area contributed by atoms with Gasteiger partial charge in [-0.1, -0.05) is 12.1 Å². The van der Waals surface area contributed by atoms with Crippen LogP contribution < -0.4 is 9.47 Å². The third-order valence-corrected chi connectivity index (χ3v) is 5.51. The molecule has 0 N–H and O–H groups in total. The highest BCUT2D eigenvalue weighted by Gasteiger charge is 2.20. The summed E-state index contributed by atoms with van der Waals surface area (Å²) in [7, 11) is 1.25. The molecule has 2 aromatic rings. The molecule has 23 heavy (non-hydrogen) atoms. The van der Waals surface area contributed by atoms with Crippen LogP contribution >= 0.6 is 0 Å². The maximum absolute atomic E-state index is 12.5. The molecule has 0 unspecified atom stereocenters. The van der Waals surface area contributed by atoms with E-state index in [2.05, 4.69) is 0 Å². The van der Waals surface area contributed by atoms with E-state index in [4.69, 9.17) is 9.47 Å². The molecule has 0 radical (unpaired) electrons. The molecule has 2 rings (SSSR count). The summed E-state index contributed by atoms with van der Waals surface area (Å²) in [6.45, 7) is 0.403. The number of nitrogens with zero attached hydrogens (tertiary/aromatic N) is 1. The lowest BCUT2D eigenvalue weighted by molar-refractivity contribution is 0.414. The molecule has 0 bridgehead atoms. The van der Waals surface area contributed by atoms with Gasteiger partial charge in [0.1, 0.15) is 11.5 Å². The molecule has 2 aromatic carbocycles. The standard InChI is InChI=1S/C17H21NO4S/c1-18(13-12-14-4-6-15(21-2)7-5-14)23(19,20)17-10-8-16(22-3)9-11-17/h4-11H,12-13H2,1-3H3. The van der Waals surface area contributed by atoms with Crippen LogP contribution in [0, 0.1) is 0 Å². The van der Waals surface area contributed by atoms with E-state index in [-0.39, 0.29) is 4.90 Å². The van der Waals surface area contributed by atoms with Crippen LogP contribution in [0.5, 0.6) is 11.5 Å². The first kappa shape index (κ1) is 17.3. The zero-order valence-corrected chi connectivity index (χ0v) is 14.3. The van der Waals surface area contributed by atoms with Gasteiger partial charge in [-0.25, -0.2) is 12.7 Å². The minimum Gasteiger partial charge on any atom is -0.497 e. The second kappa shape index (κ2) is 7.48. The number of likely N-dealkylation sites (N-methyl/N-ethyl adjacent to an activating group) is 1. The van der Waals surface area contributed by atoms with Gasteiger partial charge in [-0.15, -0.1) is 0 Å². The Bertz CT molecular complexity index is 724. The molecule has 6 heteroatoms. The average Bonchev–Trinajstić information content (AvgIpc) is 2.60. The zero-order chi connectivity index (χ0) is 16.9. The fraction of sp³-hybridized carbons (Fsp3) is 0.294. The van der Waals surface area contributed by atoms with Crippen molar-refractivity contribution in [1.29, 1.82) is 0 Å². The first-order valence-corrected chi connectivity index (χ1v) is 8.64. The van der Waals surface area contributed by atoms with Crippen molar-refractivity contribution < 1.29 is 17.9 Å². The quantitative estimate of drug-likeness (QED) is 0.780. The highest BCUT2D eigenvalue weighted by molar-refractivity contribution is 7.89. The lowest BCUT2D eigenvalue weighted by atomic mass is 10.1. The van der Waals surface area contributed by atoms with E-state index in [1.54, 1.807) is 45.5 Å². The summed E-state index contributed by atoms with van der Waals surface area (Å²) in [6, 6.07) is 14.0. The van der Waals surface area contributed by atoms with Gasteiger partial charge < -0.3 is 9.47 Å². The van der Waals surface area contributed by atoms with Crippen molar-refractivity contribution in [1.82, 2.24) is 4.31 Å². The number of rotatable bonds is 7. The summed E-state index contributed by atoms with van der Waals surface area (Å²) in [5, 5.41) is 0. The molecule has 0 atom stereocenters. The molecular formula is C17H21NO4S. The van der Waals surface area contributed by atoms with Gasteiger partial charge in [0, 0.05) is 13.6 Å². The highest BCUT2D eigenvalue weighted by Crippen LogP contribution is 2.19. The summed E-state index contributed by atoms with van der Waals surface area (Å²) >= 11 is 0. The van der Waals surface area contributed by atoms with Crippen LogP contribution in [0.3, 0.4) is 0 Å². The van der Waals surface area contributed by atoms with Gasteiger partial charge in [-0.3, -0.25) is 0 Å². The molecule has 0 amide bonds. The Kier molecular flexibility index (Phi) is 5.63. The Labute approximate surface area is 137 Å². The van der Waals surface area contributed by atoms with Crippen LogP contribution in [-0.4, -0.2) is 40.5 Å². The molecule has 0 spiro atoms. The molecule has 0 heterocycles. The van der Waals surface area contributed by atoms with Crippen molar-refractivity contribution in [2.24, 2.45) is 0 Å². The maximum atomic E-state index is 12.5. The average molecular weight is 335 g/mol. The van der Waals surface area contributed by atoms with Crippen LogP contribution in [0.4, 0.5) is 0 Å². The molecule has 0 fully saturated rings.